The van der Waals surface area contributed by atoms with Crippen LogP contribution in [0.3, 0.4) is 0 Å². The molecule has 0 unspecified atom stereocenters. The van der Waals surface area contributed by atoms with Gasteiger partial charge >= 0.3 is 0 Å². The minimum atomic E-state index is 0.557. The monoisotopic (exact) mass is 635 g/mol. The van der Waals surface area contributed by atoms with E-state index in [9.17, 15) is 15.8 Å². The zero-order chi connectivity index (χ0) is 33.8. The molecule has 0 bridgehead atoms. The second kappa shape index (κ2) is 11.4. The summed E-state index contributed by atoms with van der Waals surface area (Å²) < 4.78 is 4.34. The van der Waals surface area contributed by atoms with Crippen LogP contribution < -0.4 is 0 Å². The van der Waals surface area contributed by atoms with Gasteiger partial charge in [-0.15, -0.1) is 0 Å². The number of rotatable bonds is 4. The molecule has 2 heterocycles. The lowest BCUT2D eigenvalue weighted by atomic mass is 9.96. The van der Waals surface area contributed by atoms with Gasteiger partial charge in [-0.3, -0.25) is 0 Å². The van der Waals surface area contributed by atoms with Crippen molar-refractivity contribution in [2.75, 3.05) is 0 Å². The SMILES string of the molecule is N#Cc1ccc2c(c1)c1ccccc1n2-c1c(C#N)cccc1-c1cccc(-c2cccc(-n3c4ccccc4c4cccc(C#N)c43)c2)c1. The van der Waals surface area contributed by atoms with Crippen molar-refractivity contribution in [1.29, 1.82) is 15.8 Å². The van der Waals surface area contributed by atoms with E-state index in [0.717, 1.165) is 77.2 Å². The maximum absolute atomic E-state index is 10.4. The Morgan fingerprint density at radius 2 is 1.00 bits per heavy atom. The van der Waals surface area contributed by atoms with E-state index in [4.69, 9.17) is 0 Å². The van der Waals surface area contributed by atoms with Crippen LogP contribution in [0, 0.1) is 34.0 Å². The molecule has 7 aromatic carbocycles. The van der Waals surface area contributed by atoms with Crippen molar-refractivity contribution in [3.05, 3.63) is 168 Å². The first-order valence-corrected chi connectivity index (χ1v) is 16.3. The highest BCUT2D eigenvalue weighted by Gasteiger charge is 2.20. The summed E-state index contributed by atoms with van der Waals surface area (Å²) in [6.45, 7) is 0. The lowest BCUT2D eigenvalue weighted by Gasteiger charge is -2.17. The van der Waals surface area contributed by atoms with E-state index in [-0.39, 0.29) is 0 Å². The highest BCUT2D eigenvalue weighted by Crippen LogP contribution is 2.40. The summed E-state index contributed by atoms with van der Waals surface area (Å²) in [6.07, 6.45) is 0. The minimum Gasteiger partial charge on any atom is -0.308 e. The first-order valence-electron chi connectivity index (χ1n) is 16.3. The molecule has 0 atom stereocenters. The van der Waals surface area contributed by atoms with Crippen LogP contribution >= 0.6 is 0 Å². The summed E-state index contributed by atoms with van der Waals surface area (Å²) in [5.74, 6) is 0. The zero-order valence-corrected chi connectivity index (χ0v) is 26.7. The molecule has 9 aromatic rings. The molecule has 0 aliphatic rings. The van der Waals surface area contributed by atoms with Gasteiger partial charge in [-0.2, -0.15) is 15.8 Å². The van der Waals surface area contributed by atoms with Crippen LogP contribution in [0.5, 0.6) is 0 Å². The Morgan fingerprint density at radius 3 is 1.78 bits per heavy atom. The van der Waals surface area contributed by atoms with Gasteiger partial charge in [0.15, 0.2) is 0 Å². The van der Waals surface area contributed by atoms with Gasteiger partial charge in [0.1, 0.15) is 12.1 Å². The number of benzene rings is 7. The fourth-order valence-electron chi connectivity index (χ4n) is 7.46. The van der Waals surface area contributed by atoms with E-state index in [0.29, 0.717) is 16.7 Å². The summed E-state index contributed by atoms with van der Waals surface area (Å²) in [5.41, 5.74) is 11.3. The maximum atomic E-state index is 10.4. The smallest absolute Gasteiger partial charge is 0.101 e. The molecule has 0 amide bonds. The van der Waals surface area contributed by atoms with Crippen LogP contribution in [-0.4, -0.2) is 9.13 Å². The molecule has 0 N–H and O–H groups in total. The third-order valence-electron chi connectivity index (χ3n) is 9.61. The lowest BCUT2D eigenvalue weighted by molar-refractivity contribution is 1.17. The number of aromatic nitrogens is 2. The predicted octanol–water partition coefficient (Wildman–Crippen LogP) is 10.8. The van der Waals surface area contributed by atoms with Gasteiger partial charge in [0.05, 0.1) is 50.5 Å². The lowest BCUT2D eigenvalue weighted by Crippen LogP contribution is -2.01. The number of hydrogen-bond acceptors (Lipinski definition) is 3. The molecule has 0 saturated carbocycles. The standard InChI is InChI=1S/C45H25N5/c46-26-29-21-22-43-40(23-29)38-16-2-4-20-42(38)50(43)44-33(27-47)12-7-17-36(44)32-11-5-9-30(24-32)31-10-6-14-35(25-31)49-41-19-3-1-15-37(41)39-18-8-13-34(28-48)45(39)49/h1-25H. The second-order valence-corrected chi connectivity index (χ2v) is 12.3. The van der Waals surface area contributed by atoms with Gasteiger partial charge in [-0.1, -0.05) is 91.0 Å². The molecular weight excluding hydrogens is 611 g/mol. The minimum absolute atomic E-state index is 0.557. The summed E-state index contributed by atoms with van der Waals surface area (Å²) >= 11 is 0. The third-order valence-corrected chi connectivity index (χ3v) is 9.61. The van der Waals surface area contributed by atoms with Crippen LogP contribution in [0.25, 0.3) is 77.2 Å². The number of fused-ring (bicyclic) bond motifs is 6. The fraction of sp³-hybridized carbons (Fsp3) is 0. The Labute approximate surface area is 287 Å². The maximum Gasteiger partial charge on any atom is 0.101 e. The van der Waals surface area contributed by atoms with Crippen molar-refractivity contribution in [1.82, 2.24) is 9.13 Å². The molecule has 0 aliphatic carbocycles. The van der Waals surface area contributed by atoms with Crippen LogP contribution in [0.1, 0.15) is 16.7 Å². The summed E-state index contributed by atoms with van der Waals surface area (Å²) in [6, 6.07) is 57.9. The molecule has 2 aromatic heterocycles. The van der Waals surface area contributed by atoms with Crippen molar-refractivity contribution in [3.63, 3.8) is 0 Å². The predicted molar refractivity (Wildman–Crippen MR) is 200 cm³/mol. The molecule has 0 radical (unpaired) electrons. The van der Waals surface area contributed by atoms with Crippen LogP contribution in [0.4, 0.5) is 0 Å². The van der Waals surface area contributed by atoms with E-state index in [1.165, 1.54) is 0 Å². The number of para-hydroxylation sites is 4. The van der Waals surface area contributed by atoms with Crippen molar-refractivity contribution < 1.29 is 0 Å². The molecule has 0 saturated heterocycles. The Bertz CT molecular complexity index is 2970. The summed E-state index contributed by atoms with van der Waals surface area (Å²) in [7, 11) is 0. The van der Waals surface area contributed by atoms with Crippen molar-refractivity contribution >= 4 is 43.6 Å². The Balaban J connectivity index is 1.24. The van der Waals surface area contributed by atoms with Crippen molar-refractivity contribution in [2.45, 2.75) is 0 Å². The van der Waals surface area contributed by atoms with Crippen molar-refractivity contribution in [3.8, 4) is 51.8 Å². The Hall–Kier alpha value is -7.39. The first-order chi connectivity index (χ1) is 24.7. The number of hydrogen-bond donors (Lipinski definition) is 0. The molecular formula is C45H25N5. The largest absolute Gasteiger partial charge is 0.308 e. The normalized spacial score (nSPS) is 11.1. The second-order valence-electron chi connectivity index (χ2n) is 12.3. The summed E-state index contributed by atoms with van der Waals surface area (Å²) in [4.78, 5) is 0. The van der Waals surface area contributed by atoms with E-state index < -0.39 is 0 Å². The van der Waals surface area contributed by atoms with Gasteiger partial charge in [0.2, 0.25) is 0 Å². The molecule has 230 valence electrons. The van der Waals surface area contributed by atoms with Crippen molar-refractivity contribution in [2.24, 2.45) is 0 Å². The molecule has 0 spiro atoms. The average Bonchev–Trinajstić information content (AvgIpc) is 3.70. The topological polar surface area (TPSA) is 81.2 Å². The Morgan fingerprint density at radius 1 is 0.400 bits per heavy atom. The van der Waals surface area contributed by atoms with E-state index in [1.54, 1.807) is 0 Å². The van der Waals surface area contributed by atoms with Crippen LogP contribution in [-0.2, 0) is 0 Å². The van der Waals surface area contributed by atoms with E-state index in [2.05, 4.69) is 112 Å². The molecule has 0 fully saturated rings. The number of nitrogens with zero attached hydrogens (tertiary/aromatic N) is 5. The highest BCUT2D eigenvalue weighted by atomic mass is 15.0. The first kappa shape index (κ1) is 28.8. The van der Waals surface area contributed by atoms with Gasteiger partial charge in [-0.05, 0) is 77.4 Å². The quantitative estimate of drug-likeness (QED) is 0.193. The van der Waals surface area contributed by atoms with Crippen LogP contribution in [0.15, 0.2) is 152 Å². The molecule has 50 heavy (non-hydrogen) atoms. The molecule has 5 heteroatoms. The molecule has 5 nitrogen and oxygen atoms in total. The zero-order valence-electron chi connectivity index (χ0n) is 26.7. The number of nitriles is 3. The van der Waals surface area contributed by atoms with E-state index in [1.807, 2.05) is 66.7 Å². The van der Waals surface area contributed by atoms with Gasteiger partial charge in [0, 0.05) is 32.8 Å². The van der Waals surface area contributed by atoms with E-state index >= 15 is 0 Å². The molecule has 9 rings (SSSR count). The third kappa shape index (κ3) is 4.31. The fourth-order valence-corrected chi connectivity index (χ4v) is 7.46. The van der Waals surface area contributed by atoms with Gasteiger partial charge in [0.25, 0.3) is 0 Å². The van der Waals surface area contributed by atoms with Crippen LogP contribution in [0.2, 0.25) is 0 Å². The Kier molecular flexibility index (Phi) is 6.56. The average molecular weight is 636 g/mol. The summed E-state index contributed by atoms with van der Waals surface area (Å²) in [5, 5.41) is 34.3. The van der Waals surface area contributed by atoms with Gasteiger partial charge < -0.3 is 9.13 Å². The molecule has 0 aliphatic heterocycles. The van der Waals surface area contributed by atoms with Gasteiger partial charge in [-0.25, -0.2) is 0 Å². The highest BCUT2D eigenvalue weighted by molar-refractivity contribution is 6.12.